The Morgan fingerprint density at radius 3 is 2.72 bits per heavy atom. The fourth-order valence-electron chi connectivity index (χ4n) is 1.57. The number of carbonyl (C=O) groups is 1. The second kappa shape index (κ2) is 5.40. The van der Waals surface area contributed by atoms with Gasteiger partial charge in [-0.2, -0.15) is 0 Å². The van der Waals surface area contributed by atoms with Gasteiger partial charge in [0.1, 0.15) is 5.82 Å². The zero-order valence-electron chi connectivity index (χ0n) is 9.78. The summed E-state index contributed by atoms with van der Waals surface area (Å²) in [7, 11) is 0. The first-order chi connectivity index (χ1) is 8.56. The van der Waals surface area contributed by atoms with E-state index < -0.39 is 0 Å². The van der Waals surface area contributed by atoms with E-state index in [1.165, 1.54) is 12.1 Å². The molecular weight excluding hydrogens is 297 g/mol. The molecule has 1 aromatic heterocycles. The van der Waals surface area contributed by atoms with Crippen LogP contribution in [0.3, 0.4) is 0 Å². The third kappa shape index (κ3) is 3.01. The van der Waals surface area contributed by atoms with Gasteiger partial charge in [-0.1, -0.05) is 22.0 Å². The van der Waals surface area contributed by atoms with Gasteiger partial charge in [0.15, 0.2) is 5.78 Å². The minimum absolute atomic E-state index is 0.0326. The third-order valence-corrected chi connectivity index (χ3v) is 3.34. The Labute approximate surface area is 113 Å². The third-order valence-electron chi connectivity index (χ3n) is 2.60. The average Bonchev–Trinajstić information content (AvgIpc) is 2.33. The summed E-state index contributed by atoms with van der Waals surface area (Å²) in [6.07, 6.45) is 1.79. The Bertz CT molecular complexity index is 581. The van der Waals surface area contributed by atoms with Gasteiger partial charge in [-0.3, -0.25) is 9.78 Å². The number of hydrogen-bond acceptors (Lipinski definition) is 2. The molecule has 0 N–H and O–H groups in total. The second-order valence-electron chi connectivity index (χ2n) is 4.02. The van der Waals surface area contributed by atoms with Gasteiger partial charge in [0.25, 0.3) is 0 Å². The molecule has 0 aliphatic carbocycles. The smallest absolute Gasteiger partial charge is 0.168 e. The van der Waals surface area contributed by atoms with E-state index in [9.17, 15) is 9.18 Å². The largest absolute Gasteiger partial charge is 0.294 e. The highest BCUT2D eigenvalue weighted by atomic mass is 79.9. The molecule has 0 bridgehead atoms. The number of hydrogen-bond donors (Lipinski definition) is 0. The molecule has 2 nitrogen and oxygen atoms in total. The van der Waals surface area contributed by atoms with Crippen molar-refractivity contribution in [3.63, 3.8) is 0 Å². The number of ketones is 1. The van der Waals surface area contributed by atoms with Gasteiger partial charge in [0, 0.05) is 28.3 Å². The molecule has 0 saturated heterocycles. The number of aryl methyl sites for hydroxylation is 1. The molecular formula is C14H11BrFNO. The normalized spacial score (nSPS) is 10.4. The molecule has 4 heteroatoms. The van der Waals surface area contributed by atoms with E-state index in [1.54, 1.807) is 24.4 Å². The number of halogens is 2. The number of Topliss-reactive ketones (excluding diaryl/α,β-unsaturated/α-hetero) is 1. The highest BCUT2D eigenvalue weighted by molar-refractivity contribution is 9.10. The van der Waals surface area contributed by atoms with Crippen molar-refractivity contribution in [3.8, 4) is 0 Å². The van der Waals surface area contributed by atoms with E-state index >= 15 is 0 Å². The molecule has 2 rings (SSSR count). The lowest BCUT2D eigenvalue weighted by Gasteiger charge is -2.04. The van der Waals surface area contributed by atoms with Crippen LogP contribution in [0.1, 0.15) is 21.6 Å². The van der Waals surface area contributed by atoms with Crippen LogP contribution in [0.15, 0.2) is 41.0 Å². The Hall–Kier alpha value is -1.55. The summed E-state index contributed by atoms with van der Waals surface area (Å²) in [6.45, 7) is 1.87. The van der Waals surface area contributed by atoms with Gasteiger partial charge < -0.3 is 0 Å². The number of nitrogens with zero attached hydrogens (tertiary/aromatic N) is 1. The fourth-order valence-corrected chi connectivity index (χ4v) is 2.06. The monoisotopic (exact) mass is 307 g/mol. The van der Waals surface area contributed by atoms with Gasteiger partial charge in [0.2, 0.25) is 0 Å². The van der Waals surface area contributed by atoms with Crippen LogP contribution in [0.2, 0.25) is 0 Å². The molecule has 0 unspecified atom stereocenters. The lowest BCUT2D eigenvalue weighted by Crippen LogP contribution is -2.05. The van der Waals surface area contributed by atoms with Crippen LogP contribution in [0.5, 0.6) is 0 Å². The molecule has 1 aromatic carbocycles. The molecule has 0 radical (unpaired) electrons. The molecule has 0 amide bonds. The van der Waals surface area contributed by atoms with Crippen molar-refractivity contribution in [1.82, 2.24) is 4.98 Å². The molecule has 0 spiro atoms. The van der Waals surface area contributed by atoms with Crippen LogP contribution in [-0.2, 0) is 6.42 Å². The maximum atomic E-state index is 12.9. The van der Waals surface area contributed by atoms with E-state index in [0.29, 0.717) is 10.0 Å². The van der Waals surface area contributed by atoms with Crippen molar-refractivity contribution in [2.45, 2.75) is 13.3 Å². The lowest BCUT2D eigenvalue weighted by molar-refractivity contribution is 0.0992. The first kappa shape index (κ1) is 12.9. The Morgan fingerprint density at radius 2 is 2.11 bits per heavy atom. The average molecular weight is 308 g/mol. The Balaban J connectivity index is 2.18. The number of benzene rings is 1. The molecule has 0 fully saturated rings. The maximum absolute atomic E-state index is 12.9. The summed E-state index contributed by atoms with van der Waals surface area (Å²) in [5.41, 5.74) is 2.20. The molecule has 0 atom stereocenters. The van der Waals surface area contributed by atoms with E-state index in [2.05, 4.69) is 20.9 Å². The molecule has 2 aromatic rings. The van der Waals surface area contributed by atoms with Crippen LogP contribution < -0.4 is 0 Å². The maximum Gasteiger partial charge on any atom is 0.168 e. The van der Waals surface area contributed by atoms with Crippen molar-refractivity contribution in [2.75, 3.05) is 0 Å². The lowest BCUT2D eigenvalue weighted by atomic mass is 10.0. The molecule has 0 saturated carbocycles. The first-order valence-corrected chi connectivity index (χ1v) is 6.25. The Morgan fingerprint density at radius 1 is 1.33 bits per heavy atom. The molecule has 18 heavy (non-hydrogen) atoms. The molecule has 92 valence electrons. The first-order valence-electron chi connectivity index (χ1n) is 5.46. The standard InChI is InChI=1S/C14H11BrFNO/c1-9-2-3-11(8-17-9)14(18)6-10-4-5-12(16)7-13(10)15/h2-5,7-8H,6H2,1H3. The van der Waals surface area contributed by atoms with Crippen molar-refractivity contribution >= 4 is 21.7 Å². The van der Waals surface area contributed by atoms with Gasteiger partial charge in [-0.15, -0.1) is 0 Å². The van der Waals surface area contributed by atoms with E-state index in [0.717, 1.165) is 11.3 Å². The summed E-state index contributed by atoms with van der Waals surface area (Å²) in [5.74, 6) is -0.357. The van der Waals surface area contributed by atoms with Crippen molar-refractivity contribution < 1.29 is 9.18 Å². The van der Waals surface area contributed by atoms with E-state index in [4.69, 9.17) is 0 Å². The predicted octanol–water partition coefficient (Wildman–Crippen LogP) is 3.72. The van der Waals surface area contributed by atoms with Crippen molar-refractivity contribution in [2.24, 2.45) is 0 Å². The molecule has 0 aliphatic heterocycles. The van der Waals surface area contributed by atoms with E-state index in [1.807, 2.05) is 6.92 Å². The zero-order valence-corrected chi connectivity index (χ0v) is 11.4. The minimum Gasteiger partial charge on any atom is -0.294 e. The number of pyridine rings is 1. The highest BCUT2D eigenvalue weighted by Gasteiger charge is 2.10. The summed E-state index contributed by atoms with van der Waals surface area (Å²) in [5, 5.41) is 0. The number of carbonyl (C=O) groups excluding carboxylic acids is 1. The fraction of sp³-hybridized carbons (Fsp3) is 0.143. The molecule has 1 heterocycles. The van der Waals surface area contributed by atoms with Crippen LogP contribution in [0, 0.1) is 12.7 Å². The van der Waals surface area contributed by atoms with Crippen LogP contribution in [0.25, 0.3) is 0 Å². The summed E-state index contributed by atoms with van der Waals surface area (Å²) < 4.78 is 13.5. The topological polar surface area (TPSA) is 30.0 Å². The van der Waals surface area contributed by atoms with E-state index in [-0.39, 0.29) is 18.0 Å². The number of aromatic nitrogens is 1. The molecule has 0 aliphatic rings. The van der Waals surface area contributed by atoms with Crippen molar-refractivity contribution in [3.05, 3.63) is 63.6 Å². The summed E-state index contributed by atoms with van der Waals surface area (Å²) >= 11 is 3.25. The van der Waals surface area contributed by atoms with Gasteiger partial charge in [0.05, 0.1) is 0 Å². The summed E-state index contributed by atoms with van der Waals surface area (Å²) in [4.78, 5) is 16.1. The zero-order chi connectivity index (χ0) is 13.1. The predicted molar refractivity (Wildman–Crippen MR) is 71.1 cm³/mol. The van der Waals surface area contributed by atoms with Crippen LogP contribution >= 0.6 is 15.9 Å². The Kier molecular flexibility index (Phi) is 3.87. The quantitative estimate of drug-likeness (QED) is 0.809. The summed E-state index contributed by atoms with van der Waals surface area (Å²) in [6, 6.07) is 7.87. The second-order valence-corrected chi connectivity index (χ2v) is 4.88. The SMILES string of the molecule is Cc1ccc(C(=O)Cc2ccc(F)cc2Br)cn1. The van der Waals surface area contributed by atoms with Crippen LogP contribution in [0.4, 0.5) is 4.39 Å². The minimum atomic E-state index is -0.324. The van der Waals surface area contributed by atoms with Gasteiger partial charge in [-0.05, 0) is 36.8 Å². The van der Waals surface area contributed by atoms with Gasteiger partial charge >= 0.3 is 0 Å². The van der Waals surface area contributed by atoms with Crippen LogP contribution in [-0.4, -0.2) is 10.8 Å². The number of rotatable bonds is 3. The van der Waals surface area contributed by atoms with Crippen molar-refractivity contribution in [1.29, 1.82) is 0 Å². The highest BCUT2D eigenvalue weighted by Crippen LogP contribution is 2.19. The van der Waals surface area contributed by atoms with Gasteiger partial charge in [-0.25, -0.2) is 4.39 Å².